The van der Waals surface area contributed by atoms with Crippen molar-refractivity contribution in [3.63, 3.8) is 0 Å². The number of hydrogen-bond acceptors (Lipinski definition) is 0. The molecule has 0 aromatic heterocycles. The molecule has 1 aliphatic rings. The Morgan fingerprint density at radius 1 is 1.00 bits per heavy atom. The summed E-state index contributed by atoms with van der Waals surface area (Å²) in [6.45, 7) is 4.37. The van der Waals surface area contributed by atoms with Gasteiger partial charge in [0.25, 0.3) is 0 Å². The van der Waals surface area contributed by atoms with Gasteiger partial charge in [0.1, 0.15) is 0 Å². The van der Waals surface area contributed by atoms with Crippen LogP contribution in [0.15, 0.2) is 36.4 Å². The quantitative estimate of drug-likeness (QED) is 0.605. The van der Waals surface area contributed by atoms with Gasteiger partial charge in [-0.25, -0.2) is 0 Å². The van der Waals surface area contributed by atoms with Crippen LogP contribution in [0.1, 0.15) is 57.1 Å². The van der Waals surface area contributed by atoms with Gasteiger partial charge in [-0.15, -0.1) is 0 Å². The molecule has 1 aliphatic carbocycles. The third-order valence-corrected chi connectivity index (χ3v) is 4.63. The van der Waals surface area contributed by atoms with Crippen LogP contribution < -0.4 is 0 Å². The van der Waals surface area contributed by atoms with Gasteiger partial charge in [0, 0.05) is 0 Å². The summed E-state index contributed by atoms with van der Waals surface area (Å²) in [5.74, 6) is 1.83. The highest BCUT2D eigenvalue weighted by molar-refractivity contribution is 5.22. The van der Waals surface area contributed by atoms with E-state index in [-0.39, 0.29) is 0 Å². The van der Waals surface area contributed by atoms with Gasteiger partial charge in [0.2, 0.25) is 0 Å². The van der Waals surface area contributed by atoms with Crippen molar-refractivity contribution in [1.82, 2.24) is 0 Å². The summed E-state index contributed by atoms with van der Waals surface area (Å²) >= 11 is 0. The first-order valence-electron chi connectivity index (χ1n) is 8.02. The van der Waals surface area contributed by atoms with Crippen molar-refractivity contribution in [1.29, 1.82) is 0 Å². The number of benzene rings is 1. The molecule has 0 bridgehead atoms. The Bertz CT molecular complexity index is 377. The van der Waals surface area contributed by atoms with Crippen molar-refractivity contribution in [3.8, 4) is 0 Å². The van der Waals surface area contributed by atoms with E-state index >= 15 is 0 Å². The van der Waals surface area contributed by atoms with E-state index in [1.807, 2.05) is 0 Å². The van der Waals surface area contributed by atoms with E-state index in [9.17, 15) is 0 Å². The van der Waals surface area contributed by atoms with Crippen LogP contribution in [0.4, 0.5) is 0 Å². The predicted molar refractivity (Wildman–Crippen MR) is 84.4 cm³/mol. The van der Waals surface area contributed by atoms with E-state index in [2.05, 4.69) is 50.3 Å². The van der Waals surface area contributed by atoms with Crippen molar-refractivity contribution in [2.75, 3.05) is 0 Å². The van der Waals surface area contributed by atoms with Gasteiger partial charge in [-0.2, -0.15) is 0 Å². The van der Waals surface area contributed by atoms with Crippen molar-refractivity contribution in [2.45, 2.75) is 58.8 Å². The lowest BCUT2D eigenvalue weighted by Crippen LogP contribution is -2.13. The molecule has 0 amide bonds. The molecule has 1 fully saturated rings. The van der Waals surface area contributed by atoms with Crippen LogP contribution in [0.3, 0.4) is 0 Å². The van der Waals surface area contributed by atoms with Gasteiger partial charge >= 0.3 is 0 Å². The molecule has 1 aromatic carbocycles. The molecule has 0 N–H and O–H groups in total. The lowest BCUT2D eigenvalue weighted by Gasteiger charge is -2.26. The van der Waals surface area contributed by atoms with Crippen LogP contribution in [0.2, 0.25) is 0 Å². The van der Waals surface area contributed by atoms with Gasteiger partial charge in [-0.1, -0.05) is 43.3 Å². The Balaban J connectivity index is 1.74. The van der Waals surface area contributed by atoms with E-state index in [1.54, 1.807) is 0 Å². The summed E-state index contributed by atoms with van der Waals surface area (Å²) in [6, 6.07) is 9.23. The van der Waals surface area contributed by atoms with Gasteiger partial charge in [-0.05, 0) is 74.8 Å². The van der Waals surface area contributed by atoms with E-state index in [0.29, 0.717) is 0 Å². The van der Waals surface area contributed by atoms with Crippen LogP contribution in [0.25, 0.3) is 0 Å². The first-order chi connectivity index (χ1) is 9.31. The molecule has 0 radical (unpaired) electrons. The normalized spacial score (nSPS) is 23.9. The van der Waals surface area contributed by atoms with Crippen molar-refractivity contribution >= 4 is 0 Å². The zero-order chi connectivity index (χ0) is 13.5. The highest BCUT2D eigenvalue weighted by Gasteiger charge is 2.18. The Morgan fingerprint density at radius 3 is 2.21 bits per heavy atom. The third kappa shape index (κ3) is 4.53. The van der Waals surface area contributed by atoms with Crippen molar-refractivity contribution < 1.29 is 0 Å². The molecule has 19 heavy (non-hydrogen) atoms. The summed E-state index contributed by atoms with van der Waals surface area (Å²) in [5, 5.41) is 0. The predicted octanol–water partition coefficient (Wildman–Crippen LogP) is 5.56. The Hall–Kier alpha value is -1.04. The minimum Gasteiger partial charge on any atom is -0.0914 e. The maximum Gasteiger partial charge on any atom is -0.0233 e. The van der Waals surface area contributed by atoms with Crippen LogP contribution in [-0.2, 0) is 12.8 Å². The molecule has 0 spiro atoms. The van der Waals surface area contributed by atoms with Crippen LogP contribution in [0.5, 0.6) is 0 Å². The van der Waals surface area contributed by atoms with Crippen LogP contribution in [0, 0.1) is 11.8 Å². The van der Waals surface area contributed by atoms with E-state index in [0.717, 1.165) is 18.3 Å². The fourth-order valence-corrected chi connectivity index (χ4v) is 3.25. The zero-order valence-corrected chi connectivity index (χ0v) is 12.6. The molecular formula is C19H28. The average molecular weight is 256 g/mol. The molecule has 0 heteroatoms. The van der Waals surface area contributed by atoms with E-state index in [1.165, 1.54) is 49.7 Å². The summed E-state index contributed by atoms with van der Waals surface area (Å²) in [6.07, 6.45) is 14.1. The first-order valence-corrected chi connectivity index (χ1v) is 8.02. The van der Waals surface area contributed by atoms with Gasteiger partial charge < -0.3 is 0 Å². The Morgan fingerprint density at radius 2 is 1.63 bits per heavy atom. The molecule has 0 heterocycles. The summed E-state index contributed by atoms with van der Waals surface area (Å²) in [5.41, 5.74) is 2.98. The fraction of sp³-hybridized carbons (Fsp3) is 0.579. The fourth-order valence-electron chi connectivity index (χ4n) is 3.25. The number of rotatable bonds is 5. The van der Waals surface area contributed by atoms with Gasteiger partial charge in [-0.3, -0.25) is 0 Å². The van der Waals surface area contributed by atoms with Crippen molar-refractivity contribution in [3.05, 3.63) is 47.5 Å². The maximum atomic E-state index is 2.40. The van der Waals surface area contributed by atoms with E-state index in [4.69, 9.17) is 0 Å². The topological polar surface area (TPSA) is 0 Å². The number of aryl methyl sites for hydroxylation is 2. The molecule has 0 aliphatic heterocycles. The molecular weight excluding hydrogens is 228 g/mol. The highest BCUT2D eigenvalue weighted by atomic mass is 14.2. The van der Waals surface area contributed by atoms with Gasteiger partial charge in [0.15, 0.2) is 0 Å². The minimum atomic E-state index is 0.866. The SMILES string of the molecule is C/C=C/[C@H]1CC[C@H](CCc2ccc(CC)cc2)CC1. The monoisotopic (exact) mass is 256 g/mol. The molecule has 0 atom stereocenters. The lowest BCUT2D eigenvalue weighted by atomic mass is 9.79. The molecule has 1 saturated carbocycles. The molecule has 0 nitrogen and oxygen atoms in total. The second kappa shape index (κ2) is 7.53. The van der Waals surface area contributed by atoms with Crippen LogP contribution in [-0.4, -0.2) is 0 Å². The largest absolute Gasteiger partial charge is 0.0914 e. The van der Waals surface area contributed by atoms with Gasteiger partial charge in [0.05, 0.1) is 0 Å². The summed E-state index contributed by atoms with van der Waals surface area (Å²) in [7, 11) is 0. The summed E-state index contributed by atoms with van der Waals surface area (Å²) in [4.78, 5) is 0. The minimum absolute atomic E-state index is 0.866. The Kier molecular flexibility index (Phi) is 5.69. The average Bonchev–Trinajstić information content (AvgIpc) is 2.47. The zero-order valence-electron chi connectivity index (χ0n) is 12.6. The molecule has 1 aromatic rings. The molecule has 2 rings (SSSR count). The Labute approximate surface area is 118 Å². The first kappa shape index (κ1) is 14.4. The summed E-state index contributed by atoms with van der Waals surface area (Å²) < 4.78 is 0. The molecule has 104 valence electrons. The van der Waals surface area contributed by atoms with E-state index < -0.39 is 0 Å². The maximum absolute atomic E-state index is 2.40. The molecule has 0 unspecified atom stereocenters. The molecule has 0 saturated heterocycles. The third-order valence-electron chi connectivity index (χ3n) is 4.63. The highest BCUT2D eigenvalue weighted by Crippen LogP contribution is 2.32. The van der Waals surface area contributed by atoms with Crippen LogP contribution >= 0.6 is 0 Å². The standard InChI is InChI=1S/C19H28/c1-3-5-17-10-12-19(13-11-17)15-14-18-8-6-16(4-2)7-9-18/h3,5-9,17,19H,4,10-15H2,1-2H3/b5-3+/t17-,19-. The second-order valence-electron chi connectivity index (χ2n) is 6.02. The number of hydrogen-bond donors (Lipinski definition) is 0. The van der Waals surface area contributed by atoms with Crippen molar-refractivity contribution in [2.24, 2.45) is 11.8 Å². The number of allylic oxidation sites excluding steroid dienone is 2. The smallest absolute Gasteiger partial charge is 0.0233 e. The lowest BCUT2D eigenvalue weighted by molar-refractivity contribution is 0.296. The second-order valence-corrected chi connectivity index (χ2v) is 6.02.